The van der Waals surface area contributed by atoms with Gasteiger partial charge < -0.3 is 5.73 Å². The van der Waals surface area contributed by atoms with Crippen LogP contribution in [0.3, 0.4) is 0 Å². The summed E-state index contributed by atoms with van der Waals surface area (Å²) < 4.78 is 2.19. The Kier molecular flexibility index (Phi) is 3.83. The van der Waals surface area contributed by atoms with E-state index in [-0.39, 0.29) is 0 Å². The van der Waals surface area contributed by atoms with E-state index in [0.29, 0.717) is 11.8 Å². The fourth-order valence-corrected chi connectivity index (χ4v) is 3.34. The van der Waals surface area contributed by atoms with Crippen LogP contribution in [0.5, 0.6) is 0 Å². The van der Waals surface area contributed by atoms with Crippen LogP contribution >= 0.6 is 0 Å². The van der Waals surface area contributed by atoms with Gasteiger partial charge in [0.1, 0.15) is 11.6 Å². The Morgan fingerprint density at radius 2 is 1.90 bits per heavy atom. The zero-order valence-electron chi connectivity index (χ0n) is 12.0. The van der Waals surface area contributed by atoms with Gasteiger partial charge in [-0.05, 0) is 44.4 Å². The third-order valence-corrected chi connectivity index (χ3v) is 4.41. The molecule has 1 aromatic carbocycles. The van der Waals surface area contributed by atoms with Crippen LogP contribution in [0.1, 0.15) is 43.3 Å². The van der Waals surface area contributed by atoms with Crippen LogP contribution < -0.4 is 5.73 Å². The van der Waals surface area contributed by atoms with Crippen molar-refractivity contribution in [2.45, 2.75) is 38.5 Å². The highest BCUT2D eigenvalue weighted by molar-refractivity contribution is 5.34. The number of aryl methyl sites for hydroxylation is 1. The lowest BCUT2D eigenvalue weighted by atomic mass is 9.78. The molecule has 4 heteroatoms. The summed E-state index contributed by atoms with van der Waals surface area (Å²) in [6, 6.07) is 10.4. The van der Waals surface area contributed by atoms with Crippen LogP contribution in [0.4, 0.5) is 0 Å². The van der Waals surface area contributed by atoms with Gasteiger partial charge in [-0.25, -0.2) is 0 Å². The van der Waals surface area contributed by atoms with Crippen molar-refractivity contribution in [1.29, 1.82) is 0 Å². The van der Waals surface area contributed by atoms with E-state index in [1.807, 2.05) is 13.0 Å². The maximum atomic E-state index is 5.97. The molecule has 1 fully saturated rings. The Morgan fingerprint density at radius 1 is 1.15 bits per heavy atom. The molecule has 2 aromatic rings. The molecular weight excluding hydrogens is 248 g/mol. The highest BCUT2D eigenvalue weighted by atomic mass is 15.3. The second kappa shape index (κ2) is 5.75. The van der Waals surface area contributed by atoms with Gasteiger partial charge in [-0.15, -0.1) is 10.2 Å². The van der Waals surface area contributed by atoms with Crippen molar-refractivity contribution < 1.29 is 0 Å². The Morgan fingerprint density at radius 3 is 2.65 bits per heavy atom. The quantitative estimate of drug-likeness (QED) is 0.933. The first kappa shape index (κ1) is 13.3. The first-order chi connectivity index (χ1) is 9.81. The zero-order valence-corrected chi connectivity index (χ0v) is 12.0. The highest BCUT2D eigenvalue weighted by Crippen LogP contribution is 2.37. The number of aromatic nitrogens is 3. The Bertz CT molecular complexity index is 561. The third-order valence-electron chi connectivity index (χ3n) is 4.41. The van der Waals surface area contributed by atoms with E-state index >= 15 is 0 Å². The zero-order chi connectivity index (χ0) is 13.9. The molecule has 0 aliphatic heterocycles. The molecule has 1 saturated carbocycles. The summed E-state index contributed by atoms with van der Waals surface area (Å²) in [6.45, 7) is 2.76. The van der Waals surface area contributed by atoms with Crippen LogP contribution in [0.25, 0.3) is 5.69 Å². The third kappa shape index (κ3) is 2.36. The van der Waals surface area contributed by atoms with Crippen LogP contribution in [-0.2, 0) is 0 Å². The molecule has 20 heavy (non-hydrogen) atoms. The molecular formula is C16H22N4. The maximum absolute atomic E-state index is 5.97. The van der Waals surface area contributed by atoms with E-state index in [2.05, 4.69) is 39.0 Å². The lowest BCUT2D eigenvalue weighted by molar-refractivity contribution is 0.301. The van der Waals surface area contributed by atoms with Gasteiger partial charge >= 0.3 is 0 Å². The van der Waals surface area contributed by atoms with Crippen molar-refractivity contribution in [3.05, 3.63) is 42.0 Å². The average Bonchev–Trinajstić information content (AvgIpc) is 2.89. The molecule has 4 nitrogen and oxygen atoms in total. The predicted molar refractivity (Wildman–Crippen MR) is 79.8 cm³/mol. The summed E-state index contributed by atoms with van der Waals surface area (Å²) in [6.07, 6.45) is 4.94. The lowest BCUT2D eigenvalue weighted by Gasteiger charge is -2.30. The maximum Gasteiger partial charge on any atom is 0.141 e. The van der Waals surface area contributed by atoms with Crippen molar-refractivity contribution >= 4 is 0 Å². The molecule has 0 bridgehead atoms. The minimum atomic E-state index is 0.440. The molecule has 0 spiro atoms. The minimum absolute atomic E-state index is 0.440. The van der Waals surface area contributed by atoms with Crippen molar-refractivity contribution in [2.24, 2.45) is 11.7 Å². The summed E-state index contributed by atoms with van der Waals surface area (Å²) in [5.74, 6) is 3.02. The van der Waals surface area contributed by atoms with E-state index in [0.717, 1.165) is 23.9 Å². The number of hydrogen-bond donors (Lipinski definition) is 1. The van der Waals surface area contributed by atoms with E-state index in [9.17, 15) is 0 Å². The van der Waals surface area contributed by atoms with Gasteiger partial charge in [0.15, 0.2) is 0 Å². The number of benzene rings is 1. The molecule has 0 saturated heterocycles. The second-order valence-corrected chi connectivity index (χ2v) is 5.66. The number of hydrogen-bond acceptors (Lipinski definition) is 3. The predicted octanol–water partition coefficient (Wildman–Crippen LogP) is 2.81. The summed E-state index contributed by atoms with van der Waals surface area (Å²) in [5.41, 5.74) is 7.11. The van der Waals surface area contributed by atoms with Crippen LogP contribution in [0.15, 0.2) is 30.3 Å². The largest absolute Gasteiger partial charge is 0.330 e. The monoisotopic (exact) mass is 270 g/mol. The summed E-state index contributed by atoms with van der Waals surface area (Å²) in [7, 11) is 0. The standard InChI is InChI=1S/C16H22N4/c1-12-18-19-16(15-10-6-5-7-13(15)11-17)20(12)14-8-3-2-4-9-14/h2-4,8-9,13,15H,5-7,10-11,17H2,1H3. The van der Waals surface area contributed by atoms with Gasteiger partial charge in [0.2, 0.25) is 0 Å². The molecule has 0 amide bonds. The van der Waals surface area contributed by atoms with E-state index < -0.39 is 0 Å². The molecule has 0 radical (unpaired) electrons. The molecule has 1 heterocycles. The normalized spacial score (nSPS) is 22.9. The summed E-state index contributed by atoms with van der Waals surface area (Å²) >= 11 is 0. The molecule has 1 aliphatic rings. The van der Waals surface area contributed by atoms with Crippen molar-refractivity contribution in [3.8, 4) is 5.69 Å². The Hall–Kier alpha value is -1.68. The van der Waals surface area contributed by atoms with Gasteiger partial charge in [0, 0.05) is 11.6 Å². The second-order valence-electron chi connectivity index (χ2n) is 5.66. The Labute approximate surface area is 120 Å². The number of nitrogens with two attached hydrogens (primary N) is 1. The molecule has 2 N–H and O–H groups in total. The van der Waals surface area contributed by atoms with Gasteiger partial charge in [0.25, 0.3) is 0 Å². The first-order valence-electron chi connectivity index (χ1n) is 7.48. The smallest absolute Gasteiger partial charge is 0.141 e. The van der Waals surface area contributed by atoms with Crippen LogP contribution in [0.2, 0.25) is 0 Å². The molecule has 106 valence electrons. The Balaban J connectivity index is 2.02. The van der Waals surface area contributed by atoms with Crippen molar-refractivity contribution in [3.63, 3.8) is 0 Å². The van der Waals surface area contributed by atoms with E-state index in [1.54, 1.807) is 0 Å². The lowest BCUT2D eigenvalue weighted by Crippen LogP contribution is -2.27. The molecule has 3 rings (SSSR count). The molecule has 1 aromatic heterocycles. The van der Waals surface area contributed by atoms with E-state index in [1.165, 1.54) is 25.7 Å². The fourth-order valence-electron chi connectivity index (χ4n) is 3.34. The number of nitrogens with zero attached hydrogens (tertiary/aromatic N) is 3. The summed E-state index contributed by atoms with van der Waals surface area (Å²) in [4.78, 5) is 0. The van der Waals surface area contributed by atoms with Gasteiger partial charge in [-0.1, -0.05) is 31.0 Å². The number of para-hydroxylation sites is 1. The van der Waals surface area contributed by atoms with Gasteiger partial charge in [-0.3, -0.25) is 4.57 Å². The van der Waals surface area contributed by atoms with Gasteiger partial charge in [0.05, 0.1) is 0 Å². The van der Waals surface area contributed by atoms with E-state index in [4.69, 9.17) is 5.73 Å². The van der Waals surface area contributed by atoms with Crippen LogP contribution in [-0.4, -0.2) is 21.3 Å². The SMILES string of the molecule is Cc1nnc(C2CCCCC2CN)n1-c1ccccc1. The van der Waals surface area contributed by atoms with Crippen molar-refractivity contribution in [1.82, 2.24) is 14.8 Å². The van der Waals surface area contributed by atoms with Crippen molar-refractivity contribution in [2.75, 3.05) is 6.54 Å². The number of rotatable bonds is 3. The first-order valence-corrected chi connectivity index (χ1v) is 7.48. The molecule has 2 unspecified atom stereocenters. The van der Waals surface area contributed by atoms with Crippen LogP contribution in [0, 0.1) is 12.8 Å². The minimum Gasteiger partial charge on any atom is -0.330 e. The average molecular weight is 270 g/mol. The fraction of sp³-hybridized carbons (Fsp3) is 0.500. The molecule has 2 atom stereocenters. The molecule has 1 aliphatic carbocycles. The topological polar surface area (TPSA) is 56.7 Å². The highest BCUT2D eigenvalue weighted by Gasteiger charge is 2.30. The summed E-state index contributed by atoms with van der Waals surface area (Å²) in [5, 5.41) is 8.78. The van der Waals surface area contributed by atoms with Gasteiger partial charge in [-0.2, -0.15) is 0 Å².